The van der Waals surface area contributed by atoms with Gasteiger partial charge < -0.3 is 15.1 Å². The summed E-state index contributed by atoms with van der Waals surface area (Å²) in [5, 5.41) is 3.53. The van der Waals surface area contributed by atoms with Crippen molar-refractivity contribution in [3.63, 3.8) is 0 Å². The number of nitrogens with zero attached hydrogens (tertiary/aromatic N) is 2. The smallest absolute Gasteiger partial charge is 0.0376 e. The van der Waals surface area contributed by atoms with Crippen molar-refractivity contribution in [3.05, 3.63) is 29.8 Å². The minimum atomic E-state index is 0.706. The first-order valence-electron chi connectivity index (χ1n) is 7.95. The lowest BCUT2D eigenvalue weighted by atomic mass is 9.97. The van der Waals surface area contributed by atoms with Crippen LogP contribution in [-0.2, 0) is 0 Å². The van der Waals surface area contributed by atoms with E-state index in [-0.39, 0.29) is 0 Å². The molecule has 110 valence electrons. The van der Waals surface area contributed by atoms with Crippen LogP contribution in [0.4, 0.5) is 5.69 Å². The summed E-state index contributed by atoms with van der Waals surface area (Å²) < 4.78 is 0. The number of nitrogens with one attached hydrogen (secondary N) is 1. The van der Waals surface area contributed by atoms with E-state index in [0.717, 1.165) is 12.6 Å². The Morgan fingerprint density at radius 2 is 1.95 bits per heavy atom. The van der Waals surface area contributed by atoms with Crippen molar-refractivity contribution in [3.8, 4) is 0 Å². The van der Waals surface area contributed by atoms with Gasteiger partial charge in [-0.25, -0.2) is 0 Å². The number of para-hydroxylation sites is 1. The van der Waals surface area contributed by atoms with Crippen molar-refractivity contribution in [2.24, 2.45) is 0 Å². The monoisotopic (exact) mass is 273 g/mol. The molecule has 0 spiro atoms. The van der Waals surface area contributed by atoms with Gasteiger partial charge in [0.2, 0.25) is 0 Å². The summed E-state index contributed by atoms with van der Waals surface area (Å²) in [5.74, 6) is 0.706. The first-order chi connectivity index (χ1) is 9.74. The van der Waals surface area contributed by atoms with E-state index in [2.05, 4.69) is 53.5 Å². The molecule has 1 atom stereocenters. The van der Waals surface area contributed by atoms with Gasteiger partial charge in [-0.05, 0) is 64.6 Å². The molecule has 1 aromatic carbocycles. The maximum Gasteiger partial charge on any atom is 0.0376 e. The second-order valence-corrected chi connectivity index (χ2v) is 6.49. The van der Waals surface area contributed by atoms with Crippen molar-refractivity contribution < 1.29 is 0 Å². The van der Waals surface area contributed by atoms with Crippen LogP contribution in [0.1, 0.15) is 30.7 Å². The predicted octanol–water partition coefficient (Wildman–Crippen LogP) is 2.61. The van der Waals surface area contributed by atoms with Crippen LogP contribution in [-0.4, -0.2) is 56.1 Å². The van der Waals surface area contributed by atoms with Gasteiger partial charge in [0.1, 0.15) is 0 Å². The summed E-state index contributed by atoms with van der Waals surface area (Å²) in [6.45, 7) is 4.91. The number of hydrogen-bond acceptors (Lipinski definition) is 3. The highest BCUT2D eigenvalue weighted by Crippen LogP contribution is 2.33. The first-order valence-corrected chi connectivity index (χ1v) is 7.95. The first kappa shape index (κ1) is 13.9. The minimum absolute atomic E-state index is 0.706. The fraction of sp³-hybridized carbons (Fsp3) is 0.647. The molecule has 0 amide bonds. The molecule has 0 aromatic heterocycles. The second kappa shape index (κ2) is 6.15. The second-order valence-electron chi connectivity index (χ2n) is 6.49. The average molecular weight is 273 g/mol. The molecule has 1 aromatic rings. The fourth-order valence-electron chi connectivity index (χ4n) is 3.61. The van der Waals surface area contributed by atoms with E-state index in [1.54, 1.807) is 0 Å². The number of anilines is 1. The highest BCUT2D eigenvalue weighted by atomic mass is 15.2. The van der Waals surface area contributed by atoms with Crippen LogP contribution in [0.2, 0.25) is 0 Å². The highest BCUT2D eigenvalue weighted by molar-refractivity contribution is 5.57. The molecule has 0 radical (unpaired) electrons. The van der Waals surface area contributed by atoms with Gasteiger partial charge in [-0.1, -0.05) is 18.2 Å². The van der Waals surface area contributed by atoms with Gasteiger partial charge >= 0.3 is 0 Å². The maximum absolute atomic E-state index is 3.53. The number of benzene rings is 1. The third kappa shape index (κ3) is 2.99. The Bertz CT molecular complexity index is 436. The van der Waals surface area contributed by atoms with E-state index in [4.69, 9.17) is 0 Å². The topological polar surface area (TPSA) is 18.5 Å². The molecule has 3 heteroatoms. The Kier molecular flexibility index (Phi) is 4.27. The number of hydrogen-bond donors (Lipinski definition) is 1. The highest BCUT2D eigenvalue weighted by Gasteiger charge is 2.24. The third-order valence-electron chi connectivity index (χ3n) is 5.02. The normalized spacial score (nSPS) is 23.9. The molecule has 1 fully saturated rings. The molecule has 3 nitrogen and oxygen atoms in total. The van der Waals surface area contributed by atoms with E-state index in [1.165, 1.54) is 50.1 Å². The Labute approximate surface area is 123 Å². The van der Waals surface area contributed by atoms with Gasteiger partial charge in [-0.15, -0.1) is 0 Å². The van der Waals surface area contributed by atoms with Crippen molar-refractivity contribution in [2.45, 2.75) is 31.2 Å². The number of rotatable bonds is 4. The molecule has 2 aliphatic rings. The van der Waals surface area contributed by atoms with Gasteiger partial charge in [0.05, 0.1) is 0 Å². The number of likely N-dealkylation sites (tertiary alicyclic amines) is 1. The molecule has 3 rings (SSSR count). The molecular weight excluding hydrogens is 246 g/mol. The van der Waals surface area contributed by atoms with E-state index >= 15 is 0 Å². The van der Waals surface area contributed by atoms with E-state index in [9.17, 15) is 0 Å². The Hall–Kier alpha value is -1.06. The standard InChI is InChI=1S/C17H27N3/c1-19(2)15-8-11-20(12-9-15)10-7-14-13-18-17-6-4-3-5-16(14)17/h3-6,14-15,18H,7-13H2,1-2H3. The minimum Gasteiger partial charge on any atom is -0.384 e. The lowest BCUT2D eigenvalue weighted by molar-refractivity contribution is 0.142. The van der Waals surface area contributed by atoms with E-state index in [0.29, 0.717) is 5.92 Å². The van der Waals surface area contributed by atoms with Crippen molar-refractivity contribution >= 4 is 5.69 Å². The summed E-state index contributed by atoms with van der Waals surface area (Å²) in [6.07, 6.45) is 3.94. The van der Waals surface area contributed by atoms with Gasteiger partial charge in [-0.2, -0.15) is 0 Å². The van der Waals surface area contributed by atoms with Gasteiger partial charge in [0.15, 0.2) is 0 Å². The molecule has 1 unspecified atom stereocenters. The van der Waals surface area contributed by atoms with Gasteiger partial charge in [-0.3, -0.25) is 0 Å². The molecule has 20 heavy (non-hydrogen) atoms. The largest absolute Gasteiger partial charge is 0.384 e. The Morgan fingerprint density at radius 3 is 2.70 bits per heavy atom. The molecule has 2 heterocycles. The van der Waals surface area contributed by atoms with Crippen molar-refractivity contribution in [1.29, 1.82) is 0 Å². The van der Waals surface area contributed by atoms with Crippen LogP contribution in [0.25, 0.3) is 0 Å². The van der Waals surface area contributed by atoms with Gasteiger partial charge in [0, 0.05) is 24.2 Å². The molecular formula is C17H27N3. The molecule has 2 aliphatic heterocycles. The average Bonchev–Trinajstić information content (AvgIpc) is 2.89. The van der Waals surface area contributed by atoms with Crippen molar-refractivity contribution in [1.82, 2.24) is 9.80 Å². The quantitative estimate of drug-likeness (QED) is 0.910. The lowest BCUT2D eigenvalue weighted by Gasteiger charge is -2.35. The summed E-state index contributed by atoms with van der Waals surface area (Å²) in [4.78, 5) is 5.04. The SMILES string of the molecule is CN(C)C1CCN(CCC2CNc3ccccc32)CC1. The zero-order valence-electron chi connectivity index (χ0n) is 12.8. The summed E-state index contributed by atoms with van der Waals surface area (Å²) >= 11 is 0. The number of fused-ring (bicyclic) bond motifs is 1. The molecule has 0 bridgehead atoms. The molecule has 0 aliphatic carbocycles. The molecule has 1 N–H and O–H groups in total. The van der Waals surface area contributed by atoms with Crippen LogP contribution in [0.5, 0.6) is 0 Å². The summed E-state index contributed by atoms with van der Waals surface area (Å²) in [5.41, 5.74) is 2.87. The summed E-state index contributed by atoms with van der Waals surface area (Å²) in [7, 11) is 4.42. The zero-order chi connectivity index (χ0) is 13.9. The third-order valence-corrected chi connectivity index (χ3v) is 5.02. The molecule has 1 saturated heterocycles. The fourth-order valence-corrected chi connectivity index (χ4v) is 3.61. The van der Waals surface area contributed by atoms with Crippen LogP contribution in [0, 0.1) is 0 Å². The van der Waals surface area contributed by atoms with Gasteiger partial charge in [0.25, 0.3) is 0 Å². The Balaban J connectivity index is 1.47. The Morgan fingerprint density at radius 1 is 1.20 bits per heavy atom. The van der Waals surface area contributed by atoms with Crippen LogP contribution >= 0.6 is 0 Å². The predicted molar refractivity (Wildman–Crippen MR) is 85.4 cm³/mol. The van der Waals surface area contributed by atoms with E-state index in [1.807, 2.05) is 0 Å². The molecule has 0 saturated carbocycles. The van der Waals surface area contributed by atoms with Crippen LogP contribution < -0.4 is 5.32 Å². The van der Waals surface area contributed by atoms with E-state index < -0.39 is 0 Å². The van der Waals surface area contributed by atoms with Crippen molar-refractivity contribution in [2.75, 3.05) is 45.6 Å². The lowest BCUT2D eigenvalue weighted by Crippen LogP contribution is -2.42. The zero-order valence-corrected chi connectivity index (χ0v) is 12.8. The summed E-state index contributed by atoms with van der Waals surface area (Å²) in [6, 6.07) is 9.58. The van der Waals surface area contributed by atoms with Crippen LogP contribution in [0.15, 0.2) is 24.3 Å². The maximum atomic E-state index is 3.53. The van der Waals surface area contributed by atoms with Crippen LogP contribution in [0.3, 0.4) is 0 Å². The number of piperidine rings is 1.